The van der Waals surface area contributed by atoms with E-state index in [0.717, 1.165) is 21.3 Å². The van der Waals surface area contributed by atoms with Crippen LogP contribution in [0.2, 0.25) is 0 Å². The molecule has 0 aliphatic heterocycles. The summed E-state index contributed by atoms with van der Waals surface area (Å²) < 4.78 is 2.61. The second-order valence-electron chi connectivity index (χ2n) is 5.31. The van der Waals surface area contributed by atoms with Gasteiger partial charge in [-0.3, -0.25) is 4.79 Å². The van der Waals surface area contributed by atoms with Crippen molar-refractivity contribution >= 4 is 21.8 Å². The number of aryl methyl sites for hydroxylation is 2. The number of amides is 1. The van der Waals surface area contributed by atoms with E-state index in [0.29, 0.717) is 5.82 Å². The Hall–Kier alpha value is -2.47. The second kappa shape index (κ2) is 5.96. The second-order valence-corrected chi connectivity index (χ2v) is 6.23. The number of benzene rings is 2. The van der Waals surface area contributed by atoms with Gasteiger partial charge in [0, 0.05) is 10.0 Å². The number of hydrogen-bond donors (Lipinski definition) is 1. The molecule has 6 heteroatoms. The topological polar surface area (TPSA) is 73.8 Å². The van der Waals surface area contributed by atoms with E-state index in [1.54, 1.807) is 4.68 Å². The lowest BCUT2D eigenvalue weighted by Gasteiger charge is -2.08. The molecule has 0 saturated carbocycles. The van der Waals surface area contributed by atoms with E-state index in [2.05, 4.69) is 26.0 Å². The highest BCUT2D eigenvalue weighted by Crippen LogP contribution is 2.24. The first kappa shape index (κ1) is 15.4. The number of aromatic nitrogens is 3. The van der Waals surface area contributed by atoms with Crippen molar-refractivity contribution in [3.8, 4) is 17.1 Å². The summed E-state index contributed by atoms with van der Waals surface area (Å²) in [7, 11) is 0. The van der Waals surface area contributed by atoms with Gasteiger partial charge in [0.25, 0.3) is 5.91 Å². The van der Waals surface area contributed by atoms with Crippen molar-refractivity contribution in [3.05, 3.63) is 63.9 Å². The Morgan fingerprint density at radius 2 is 1.78 bits per heavy atom. The number of nitrogens with zero attached hydrogens (tertiary/aromatic N) is 3. The zero-order valence-corrected chi connectivity index (χ0v) is 14.3. The lowest BCUT2D eigenvalue weighted by molar-refractivity contribution is 0.0990. The van der Waals surface area contributed by atoms with Gasteiger partial charge in [-0.1, -0.05) is 34.1 Å². The molecule has 1 amide bonds. The van der Waals surface area contributed by atoms with Gasteiger partial charge in [-0.2, -0.15) is 0 Å². The Morgan fingerprint density at radius 3 is 2.39 bits per heavy atom. The van der Waals surface area contributed by atoms with Gasteiger partial charge in [-0.25, -0.2) is 9.67 Å². The molecule has 2 aromatic carbocycles. The van der Waals surface area contributed by atoms with Gasteiger partial charge in [0.15, 0.2) is 5.82 Å². The predicted molar refractivity (Wildman–Crippen MR) is 92.5 cm³/mol. The number of rotatable bonds is 3. The van der Waals surface area contributed by atoms with E-state index < -0.39 is 5.91 Å². The summed E-state index contributed by atoms with van der Waals surface area (Å²) in [6, 6.07) is 13.6. The van der Waals surface area contributed by atoms with Crippen LogP contribution in [0.1, 0.15) is 21.7 Å². The van der Waals surface area contributed by atoms with Crippen molar-refractivity contribution in [2.75, 3.05) is 0 Å². The van der Waals surface area contributed by atoms with Gasteiger partial charge in [0.05, 0.1) is 5.69 Å². The molecule has 0 bridgehead atoms. The average molecular weight is 371 g/mol. The molecule has 23 heavy (non-hydrogen) atoms. The van der Waals surface area contributed by atoms with Crippen LogP contribution in [0.4, 0.5) is 0 Å². The molecular formula is C17H15BrN4O. The average Bonchev–Trinajstić information content (AvgIpc) is 2.96. The van der Waals surface area contributed by atoms with Crippen molar-refractivity contribution in [3.63, 3.8) is 0 Å². The predicted octanol–water partition coefficient (Wildman–Crippen LogP) is 3.41. The molecule has 0 aliphatic carbocycles. The molecule has 1 aromatic heterocycles. The van der Waals surface area contributed by atoms with E-state index in [1.165, 1.54) is 5.56 Å². The number of primary amides is 1. The minimum absolute atomic E-state index is 0.00106. The minimum atomic E-state index is -0.647. The van der Waals surface area contributed by atoms with Crippen molar-refractivity contribution in [1.29, 1.82) is 0 Å². The molecule has 116 valence electrons. The van der Waals surface area contributed by atoms with E-state index in [9.17, 15) is 4.79 Å². The number of halogens is 1. The molecule has 0 unspecified atom stereocenters. The normalized spacial score (nSPS) is 10.7. The van der Waals surface area contributed by atoms with Crippen LogP contribution < -0.4 is 5.73 Å². The smallest absolute Gasteiger partial charge is 0.288 e. The number of nitrogens with two attached hydrogens (primary N) is 1. The van der Waals surface area contributed by atoms with Crippen LogP contribution in [0, 0.1) is 13.8 Å². The first-order valence-electron chi connectivity index (χ1n) is 7.06. The first-order chi connectivity index (χ1) is 11.0. The van der Waals surface area contributed by atoms with Crippen molar-refractivity contribution < 1.29 is 4.79 Å². The number of carbonyl (C=O) groups excluding carboxylic acids is 1. The quantitative estimate of drug-likeness (QED) is 0.767. The highest BCUT2D eigenvalue weighted by molar-refractivity contribution is 9.10. The van der Waals surface area contributed by atoms with Gasteiger partial charge >= 0.3 is 0 Å². The highest BCUT2D eigenvalue weighted by Gasteiger charge is 2.17. The van der Waals surface area contributed by atoms with Crippen LogP contribution in [0.15, 0.2) is 46.9 Å². The van der Waals surface area contributed by atoms with Crippen LogP contribution in [-0.2, 0) is 0 Å². The SMILES string of the molecule is Cc1ccc(-n2nc(C(N)=O)nc2-c2ccc(Br)cc2)cc1C. The molecule has 5 nitrogen and oxygen atoms in total. The maximum Gasteiger partial charge on any atom is 0.288 e. The van der Waals surface area contributed by atoms with E-state index in [1.807, 2.05) is 56.3 Å². The molecule has 0 saturated heterocycles. The summed E-state index contributed by atoms with van der Waals surface area (Å²) >= 11 is 3.41. The van der Waals surface area contributed by atoms with Crippen LogP contribution in [0.3, 0.4) is 0 Å². The summed E-state index contributed by atoms with van der Waals surface area (Å²) in [6.07, 6.45) is 0. The summed E-state index contributed by atoms with van der Waals surface area (Å²) in [5.41, 5.74) is 9.37. The lowest BCUT2D eigenvalue weighted by atomic mass is 10.1. The first-order valence-corrected chi connectivity index (χ1v) is 7.85. The molecule has 0 atom stereocenters. The fourth-order valence-corrected chi connectivity index (χ4v) is 2.50. The molecule has 0 fully saturated rings. The molecule has 0 spiro atoms. The molecule has 2 N–H and O–H groups in total. The van der Waals surface area contributed by atoms with Gasteiger partial charge < -0.3 is 5.73 Å². The van der Waals surface area contributed by atoms with Crippen LogP contribution >= 0.6 is 15.9 Å². The monoisotopic (exact) mass is 370 g/mol. The zero-order valence-electron chi connectivity index (χ0n) is 12.7. The Balaban J connectivity index is 2.20. The van der Waals surface area contributed by atoms with E-state index in [-0.39, 0.29) is 5.82 Å². The largest absolute Gasteiger partial charge is 0.363 e. The summed E-state index contributed by atoms with van der Waals surface area (Å²) in [5.74, 6) is -0.0679. The highest BCUT2D eigenvalue weighted by atomic mass is 79.9. The fourth-order valence-electron chi connectivity index (χ4n) is 2.24. The minimum Gasteiger partial charge on any atom is -0.363 e. The third-order valence-corrected chi connectivity index (χ3v) is 4.19. The molecule has 3 rings (SSSR count). The third kappa shape index (κ3) is 3.03. The lowest BCUT2D eigenvalue weighted by Crippen LogP contribution is -2.13. The summed E-state index contributed by atoms with van der Waals surface area (Å²) in [5, 5.41) is 4.27. The van der Waals surface area contributed by atoms with E-state index >= 15 is 0 Å². The van der Waals surface area contributed by atoms with Crippen molar-refractivity contribution in [1.82, 2.24) is 14.8 Å². The van der Waals surface area contributed by atoms with Gasteiger partial charge in [0.1, 0.15) is 0 Å². The number of hydrogen-bond acceptors (Lipinski definition) is 3. The molecule has 0 radical (unpaired) electrons. The van der Waals surface area contributed by atoms with Crippen molar-refractivity contribution in [2.45, 2.75) is 13.8 Å². The van der Waals surface area contributed by atoms with Gasteiger partial charge in [-0.15, -0.1) is 5.10 Å². The molecule has 3 aromatic rings. The van der Waals surface area contributed by atoms with Crippen LogP contribution in [0.25, 0.3) is 17.1 Å². The Morgan fingerprint density at radius 1 is 1.09 bits per heavy atom. The third-order valence-electron chi connectivity index (χ3n) is 3.67. The summed E-state index contributed by atoms with van der Waals surface area (Å²) in [6.45, 7) is 4.08. The fraction of sp³-hybridized carbons (Fsp3) is 0.118. The molecule has 0 aliphatic rings. The molecular weight excluding hydrogens is 356 g/mol. The maximum absolute atomic E-state index is 11.5. The van der Waals surface area contributed by atoms with Crippen LogP contribution in [0.5, 0.6) is 0 Å². The molecule has 1 heterocycles. The Bertz CT molecular complexity index is 884. The van der Waals surface area contributed by atoms with Crippen molar-refractivity contribution in [2.24, 2.45) is 5.73 Å². The standard InChI is InChI=1S/C17H15BrN4O/c1-10-3-8-14(9-11(10)2)22-17(20-16(21-22)15(19)23)12-4-6-13(18)7-5-12/h3-9H,1-2H3,(H2,19,23). The number of carbonyl (C=O) groups is 1. The Kier molecular flexibility index (Phi) is 4.00. The van der Waals surface area contributed by atoms with Crippen LogP contribution in [-0.4, -0.2) is 20.7 Å². The summed E-state index contributed by atoms with van der Waals surface area (Å²) in [4.78, 5) is 15.8. The van der Waals surface area contributed by atoms with Gasteiger partial charge in [0.2, 0.25) is 5.82 Å². The maximum atomic E-state index is 11.5. The van der Waals surface area contributed by atoms with E-state index in [4.69, 9.17) is 5.73 Å². The zero-order chi connectivity index (χ0) is 16.6. The Labute approximate surface area is 142 Å². The van der Waals surface area contributed by atoms with Gasteiger partial charge in [-0.05, 0) is 49.2 Å².